The van der Waals surface area contributed by atoms with E-state index in [-0.39, 0.29) is 12.3 Å². The number of aryl methyl sites for hydroxylation is 1. The fourth-order valence-electron chi connectivity index (χ4n) is 2.81. The van der Waals surface area contributed by atoms with E-state index in [1.54, 1.807) is 7.11 Å². The summed E-state index contributed by atoms with van der Waals surface area (Å²) in [7, 11) is 1.63. The Morgan fingerprint density at radius 2 is 1.96 bits per heavy atom. The lowest BCUT2D eigenvalue weighted by Crippen LogP contribution is -2.15. The lowest BCUT2D eigenvalue weighted by atomic mass is 10.0. The van der Waals surface area contributed by atoms with Crippen molar-refractivity contribution in [1.29, 1.82) is 0 Å². The van der Waals surface area contributed by atoms with Crippen molar-refractivity contribution in [3.8, 4) is 5.75 Å². The molecule has 0 heterocycles. The van der Waals surface area contributed by atoms with Gasteiger partial charge in [0.05, 0.1) is 13.5 Å². The van der Waals surface area contributed by atoms with Crippen LogP contribution in [0.3, 0.4) is 0 Å². The third-order valence-corrected chi connectivity index (χ3v) is 4.40. The molecule has 0 aliphatic heterocycles. The zero-order chi connectivity index (χ0) is 17.1. The van der Waals surface area contributed by atoms with E-state index in [0.717, 1.165) is 37.8 Å². The van der Waals surface area contributed by atoms with Crippen molar-refractivity contribution < 1.29 is 9.53 Å². The highest BCUT2D eigenvalue weighted by molar-refractivity contribution is 9.10. The summed E-state index contributed by atoms with van der Waals surface area (Å²) in [5.41, 5.74) is 2.81. The first kappa shape index (κ1) is 16.5. The fourth-order valence-corrected chi connectivity index (χ4v) is 3.19. The Balaban J connectivity index is 1.92. The van der Waals surface area contributed by atoms with Crippen LogP contribution < -0.4 is 10.1 Å². The maximum Gasteiger partial charge on any atom is 0.228 e. The molecule has 0 radical (unpaired) electrons. The fraction of sp³-hybridized carbons (Fsp3) is 0.150. The van der Waals surface area contributed by atoms with Crippen molar-refractivity contribution in [2.24, 2.45) is 0 Å². The van der Waals surface area contributed by atoms with Gasteiger partial charge in [-0.15, -0.1) is 0 Å². The summed E-state index contributed by atoms with van der Waals surface area (Å²) in [4.78, 5) is 12.5. The van der Waals surface area contributed by atoms with Gasteiger partial charge in [-0.1, -0.05) is 40.2 Å². The minimum atomic E-state index is -0.0608. The molecule has 0 fully saturated rings. The van der Waals surface area contributed by atoms with Gasteiger partial charge in [0.1, 0.15) is 5.75 Å². The first-order chi connectivity index (χ1) is 11.6. The monoisotopic (exact) mass is 383 g/mol. The first-order valence-corrected chi connectivity index (χ1v) is 8.48. The topological polar surface area (TPSA) is 38.3 Å². The number of nitrogens with one attached hydrogen (secondary N) is 1. The number of methoxy groups -OCH3 is 1. The zero-order valence-electron chi connectivity index (χ0n) is 13.6. The van der Waals surface area contributed by atoms with Crippen LogP contribution in [0.25, 0.3) is 10.8 Å². The highest BCUT2D eigenvalue weighted by atomic mass is 79.9. The number of amides is 1. The maximum absolute atomic E-state index is 12.5. The van der Waals surface area contributed by atoms with Crippen LogP contribution in [0, 0.1) is 6.92 Å². The van der Waals surface area contributed by atoms with Crippen LogP contribution in [0.4, 0.5) is 5.69 Å². The second-order valence-corrected chi connectivity index (χ2v) is 6.62. The molecular formula is C20H18BrNO2. The summed E-state index contributed by atoms with van der Waals surface area (Å²) in [6.45, 7) is 2.00. The van der Waals surface area contributed by atoms with Crippen LogP contribution in [-0.4, -0.2) is 13.0 Å². The van der Waals surface area contributed by atoms with Crippen molar-refractivity contribution in [3.63, 3.8) is 0 Å². The number of halogens is 1. The van der Waals surface area contributed by atoms with Crippen LogP contribution in [-0.2, 0) is 11.2 Å². The van der Waals surface area contributed by atoms with E-state index in [2.05, 4.69) is 21.2 Å². The molecule has 0 aliphatic rings. The molecule has 3 aromatic carbocycles. The van der Waals surface area contributed by atoms with Gasteiger partial charge in [0.2, 0.25) is 5.91 Å². The summed E-state index contributed by atoms with van der Waals surface area (Å²) in [6.07, 6.45) is 0.260. The third kappa shape index (κ3) is 3.60. The Labute approximate surface area is 149 Å². The standard InChI is InChI=1S/C20H18BrNO2/c1-13-4-3-5-16(10-13)22-20(23)12-18-17-8-7-15(21)11-14(17)6-9-19(18)24-2/h3-11H,12H2,1-2H3,(H,22,23). The minimum absolute atomic E-state index is 0.0608. The summed E-state index contributed by atoms with van der Waals surface area (Å²) >= 11 is 3.48. The molecule has 0 aromatic heterocycles. The second-order valence-electron chi connectivity index (χ2n) is 5.71. The molecule has 3 rings (SSSR count). The van der Waals surface area contributed by atoms with E-state index in [9.17, 15) is 4.79 Å². The maximum atomic E-state index is 12.5. The van der Waals surface area contributed by atoms with Gasteiger partial charge in [-0.3, -0.25) is 4.79 Å². The van der Waals surface area contributed by atoms with E-state index < -0.39 is 0 Å². The molecule has 1 N–H and O–H groups in total. The van der Waals surface area contributed by atoms with E-state index in [0.29, 0.717) is 0 Å². The highest BCUT2D eigenvalue weighted by Gasteiger charge is 2.13. The van der Waals surface area contributed by atoms with Gasteiger partial charge in [0, 0.05) is 15.7 Å². The third-order valence-electron chi connectivity index (χ3n) is 3.91. The Hall–Kier alpha value is -2.33. The molecule has 4 heteroatoms. The predicted molar refractivity (Wildman–Crippen MR) is 102 cm³/mol. The van der Waals surface area contributed by atoms with Gasteiger partial charge in [-0.05, 0) is 53.6 Å². The van der Waals surface area contributed by atoms with Crippen molar-refractivity contribution in [1.82, 2.24) is 0 Å². The second kappa shape index (κ2) is 7.05. The molecule has 3 nitrogen and oxygen atoms in total. The molecule has 3 aromatic rings. The quantitative estimate of drug-likeness (QED) is 0.680. The average molecular weight is 384 g/mol. The molecule has 0 bridgehead atoms. The Kier molecular flexibility index (Phi) is 4.86. The Bertz CT molecular complexity index is 905. The minimum Gasteiger partial charge on any atom is -0.496 e. The Morgan fingerprint density at radius 3 is 2.71 bits per heavy atom. The van der Waals surface area contributed by atoms with Crippen molar-refractivity contribution in [3.05, 3.63) is 70.2 Å². The number of hydrogen-bond acceptors (Lipinski definition) is 2. The molecule has 1 amide bonds. The molecule has 24 heavy (non-hydrogen) atoms. The van der Waals surface area contributed by atoms with Crippen LogP contribution in [0.15, 0.2) is 59.1 Å². The van der Waals surface area contributed by atoms with Gasteiger partial charge in [0.25, 0.3) is 0 Å². The van der Waals surface area contributed by atoms with Crippen molar-refractivity contribution in [2.45, 2.75) is 13.3 Å². The number of ether oxygens (including phenoxy) is 1. The van der Waals surface area contributed by atoms with Crippen LogP contribution in [0.5, 0.6) is 5.75 Å². The number of rotatable bonds is 4. The van der Waals surface area contributed by atoms with Gasteiger partial charge in [0.15, 0.2) is 0 Å². The molecule has 0 spiro atoms. The molecule has 0 atom stereocenters. The number of benzene rings is 3. The van der Waals surface area contributed by atoms with Crippen molar-refractivity contribution in [2.75, 3.05) is 12.4 Å². The number of anilines is 1. The molecule has 0 saturated carbocycles. The largest absolute Gasteiger partial charge is 0.496 e. The molecule has 0 saturated heterocycles. The zero-order valence-corrected chi connectivity index (χ0v) is 15.2. The molecule has 122 valence electrons. The molecule has 0 unspecified atom stereocenters. The molecular weight excluding hydrogens is 366 g/mol. The highest BCUT2D eigenvalue weighted by Crippen LogP contribution is 2.30. The lowest BCUT2D eigenvalue weighted by molar-refractivity contribution is -0.115. The average Bonchev–Trinajstić information content (AvgIpc) is 2.54. The van der Waals surface area contributed by atoms with Gasteiger partial charge in [-0.25, -0.2) is 0 Å². The van der Waals surface area contributed by atoms with Crippen molar-refractivity contribution >= 4 is 38.3 Å². The molecule has 0 aliphatic carbocycles. The SMILES string of the molecule is COc1ccc2cc(Br)ccc2c1CC(=O)Nc1cccc(C)c1. The Morgan fingerprint density at radius 1 is 1.12 bits per heavy atom. The van der Waals surface area contributed by atoms with Crippen LogP contribution in [0.2, 0.25) is 0 Å². The van der Waals surface area contributed by atoms with E-state index >= 15 is 0 Å². The summed E-state index contributed by atoms with van der Waals surface area (Å²) in [5, 5.41) is 5.05. The normalized spacial score (nSPS) is 10.6. The van der Waals surface area contributed by atoms with Gasteiger partial charge in [-0.2, -0.15) is 0 Å². The number of carbonyl (C=O) groups is 1. The van der Waals surface area contributed by atoms with Gasteiger partial charge < -0.3 is 10.1 Å². The van der Waals surface area contributed by atoms with Gasteiger partial charge >= 0.3 is 0 Å². The number of hydrogen-bond donors (Lipinski definition) is 1. The summed E-state index contributed by atoms with van der Waals surface area (Å²) in [5.74, 6) is 0.665. The first-order valence-electron chi connectivity index (χ1n) is 7.68. The van der Waals surface area contributed by atoms with Crippen LogP contribution in [0.1, 0.15) is 11.1 Å². The lowest BCUT2D eigenvalue weighted by Gasteiger charge is -2.13. The van der Waals surface area contributed by atoms with E-state index in [4.69, 9.17) is 4.74 Å². The van der Waals surface area contributed by atoms with E-state index in [1.807, 2.05) is 61.5 Å². The number of fused-ring (bicyclic) bond motifs is 1. The summed E-state index contributed by atoms with van der Waals surface area (Å²) in [6, 6.07) is 17.7. The van der Waals surface area contributed by atoms with Crippen LogP contribution >= 0.6 is 15.9 Å². The smallest absolute Gasteiger partial charge is 0.228 e. The predicted octanol–water partition coefficient (Wildman–Crippen LogP) is 5.10. The van der Waals surface area contributed by atoms with E-state index in [1.165, 1.54) is 0 Å². The summed E-state index contributed by atoms with van der Waals surface area (Å²) < 4.78 is 6.47. The number of carbonyl (C=O) groups excluding carboxylic acids is 1.